The monoisotopic (exact) mass is 344 g/mol. The van der Waals surface area contributed by atoms with Crippen molar-refractivity contribution in [2.75, 3.05) is 26.2 Å². The summed E-state index contributed by atoms with van der Waals surface area (Å²) in [5.41, 5.74) is 1.84. The van der Waals surface area contributed by atoms with E-state index in [1.807, 2.05) is 48.5 Å². The highest BCUT2D eigenvalue weighted by atomic mass is 35.5. The summed E-state index contributed by atoms with van der Waals surface area (Å²) in [5, 5.41) is 4.08. The van der Waals surface area contributed by atoms with Crippen LogP contribution in [0, 0.1) is 0 Å². The van der Waals surface area contributed by atoms with E-state index < -0.39 is 0 Å². The number of benzene rings is 2. The summed E-state index contributed by atoms with van der Waals surface area (Å²) in [5.74, 6) is 0.105. The minimum atomic E-state index is 0.105. The molecular formula is C20H25ClN2O. The molecule has 2 rings (SSSR count). The summed E-state index contributed by atoms with van der Waals surface area (Å²) < 4.78 is 0. The molecule has 1 N–H and O–H groups in total. The quantitative estimate of drug-likeness (QED) is 0.692. The smallest absolute Gasteiger partial charge is 0.176 e. The Kier molecular flexibility index (Phi) is 7.44. The molecule has 0 aliphatic carbocycles. The van der Waals surface area contributed by atoms with Crippen molar-refractivity contribution in [3.63, 3.8) is 0 Å². The number of Topliss-reactive ketones (excluding diaryl/α,β-unsaturated/α-hetero) is 1. The van der Waals surface area contributed by atoms with E-state index in [1.54, 1.807) is 0 Å². The standard InChI is InChI=1S/C20H25ClN2O/c1-3-23(4-2)19(17-12-8-9-13-18(17)21)14-22-15-20(24)16-10-6-5-7-11-16/h5-13,19,22H,3-4,14-15H2,1-2H3. The molecule has 0 radical (unpaired) electrons. The van der Waals surface area contributed by atoms with Crippen LogP contribution in [-0.4, -0.2) is 36.9 Å². The fourth-order valence-electron chi connectivity index (χ4n) is 2.89. The molecule has 2 aromatic rings. The van der Waals surface area contributed by atoms with Crippen molar-refractivity contribution >= 4 is 17.4 Å². The number of hydrogen-bond acceptors (Lipinski definition) is 3. The van der Waals surface area contributed by atoms with Gasteiger partial charge in [0.15, 0.2) is 5.78 Å². The molecule has 1 atom stereocenters. The molecule has 0 saturated carbocycles. The highest BCUT2D eigenvalue weighted by Crippen LogP contribution is 2.26. The van der Waals surface area contributed by atoms with Gasteiger partial charge in [-0.05, 0) is 24.7 Å². The van der Waals surface area contributed by atoms with Gasteiger partial charge in [-0.3, -0.25) is 9.69 Å². The van der Waals surface area contributed by atoms with Crippen molar-refractivity contribution in [1.82, 2.24) is 10.2 Å². The minimum absolute atomic E-state index is 0.105. The van der Waals surface area contributed by atoms with Crippen molar-refractivity contribution in [2.24, 2.45) is 0 Å². The minimum Gasteiger partial charge on any atom is -0.308 e. The topological polar surface area (TPSA) is 32.3 Å². The molecule has 3 nitrogen and oxygen atoms in total. The summed E-state index contributed by atoms with van der Waals surface area (Å²) >= 11 is 6.39. The lowest BCUT2D eigenvalue weighted by Crippen LogP contribution is -2.37. The fraction of sp³-hybridized carbons (Fsp3) is 0.350. The third-order valence-corrected chi connectivity index (χ3v) is 4.58. The number of carbonyl (C=O) groups excluding carboxylic acids is 1. The zero-order valence-corrected chi connectivity index (χ0v) is 15.1. The van der Waals surface area contributed by atoms with E-state index in [1.165, 1.54) is 0 Å². The maximum absolute atomic E-state index is 12.2. The predicted molar refractivity (Wildman–Crippen MR) is 101 cm³/mol. The van der Waals surface area contributed by atoms with Crippen LogP contribution in [0.1, 0.15) is 35.8 Å². The van der Waals surface area contributed by atoms with Gasteiger partial charge < -0.3 is 5.32 Å². The Bertz CT molecular complexity index is 641. The SMILES string of the molecule is CCN(CC)C(CNCC(=O)c1ccccc1)c1ccccc1Cl. The lowest BCUT2D eigenvalue weighted by molar-refractivity contribution is 0.0987. The molecule has 0 bridgehead atoms. The Morgan fingerprint density at radius 3 is 2.29 bits per heavy atom. The van der Waals surface area contributed by atoms with E-state index in [0.717, 1.165) is 29.2 Å². The van der Waals surface area contributed by atoms with Crippen LogP contribution < -0.4 is 5.32 Å². The normalized spacial score (nSPS) is 12.3. The Labute approximate surface area is 149 Å². The lowest BCUT2D eigenvalue weighted by Gasteiger charge is -2.31. The molecule has 0 aliphatic heterocycles. The van der Waals surface area contributed by atoms with Crippen LogP contribution >= 0.6 is 11.6 Å². The van der Waals surface area contributed by atoms with Gasteiger partial charge in [0.25, 0.3) is 0 Å². The first kappa shape index (κ1) is 18.7. The molecule has 0 saturated heterocycles. The molecule has 4 heteroatoms. The molecule has 0 heterocycles. The molecule has 0 spiro atoms. The molecule has 0 amide bonds. The van der Waals surface area contributed by atoms with Crippen LogP contribution in [0.4, 0.5) is 0 Å². The fourth-order valence-corrected chi connectivity index (χ4v) is 3.16. The summed E-state index contributed by atoms with van der Waals surface area (Å²) in [4.78, 5) is 14.6. The van der Waals surface area contributed by atoms with Crippen molar-refractivity contribution in [3.8, 4) is 0 Å². The van der Waals surface area contributed by atoms with Crippen LogP contribution in [0.5, 0.6) is 0 Å². The Morgan fingerprint density at radius 1 is 1.04 bits per heavy atom. The number of nitrogens with zero attached hydrogens (tertiary/aromatic N) is 1. The van der Waals surface area contributed by atoms with Crippen molar-refractivity contribution < 1.29 is 4.79 Å². The van der Waals surface area contributed by atoms with Gasteiger partial charge in [-0.1, -0.05) is 74.0 Å². The van der Waals surface area contributed by atoms with Crippen LogP contribution in [0.15, 0.2) is 54.6 Å². The van der Waals surface area contributed by atoms with Crippen LogP contribution in [0.25, 0.3) is 0 Å². The van der Waals surface area contributed by atoms with Crippen LogP contribution in [-0.2, 0) is 0 Å². The summed E-state index contributed by atoms with van der Waals surface area (Å²) in [7, 11) is 0. The second-order valence-electron chi connectivity index (χ2n) is 5.68. The van der Waals surface area contributed by atoms with Gasteiger partial charge in [0.2, 0.25) is 0 Å². The second-order valence-corrected chi connectivity index (χ2v) is 6.09. The number of hydrogen-bond donors (Lipinski definition) is 1. The van der Waals surface area contributed by atoms with Crippen LogP contribution in [0.2, 0.25) is 5.02 Å². The van der Waals surface area contributed by atoms with Gasteiger partial charge >= 0.3 is 0 Å². The van der Waals surface area contributed by atoms with Crippen molar-refractivity contribution in [3.05, 3.63) is 70.7 Å². The van der Waals surface area contributed by atoms with Gasteiger partial charge in [0.05, 0.1) is 6.54 Å². The predicted octanol–water partition coefficient (Wildman–Crippen LogP) is 4.20. The first-order chi connectivity index (χ1) is 11.7. The molecule has 2 aromatic carbocycles. The highest BCUT2D eigenvalue weighted by molar-refractivity contribution is 6.31. The van der Waals surface area contributed by atoms with E-state index in [-0.39, 0.29) is 11.8 Å². The maximum atomic E-state index is 12.2. The van der Waals surface area contributed by atoms with Crippen molar-refractivity contribution in [2.45, 2.75) is 19.9 Å². The zero-order valence-electron chi connectivity index (χ0n) is 14.3. The van der Waals surface area contributed by atoms with Gasteiger partial charge in [-0.15, -0.1) is 0 Å². The molecule has 0 aromatic heterocycles. The number of rotatable bonds is 9. The molecule has 128 valence electrons. The number of halogens is 1. The molecular weight excluding hydrogens is 320 g/mol. The number of likely N-dealkylation sites (N-methyl/N-ethyl adjacent to an activating group) is 1. The maximum Gasteiger partial charge on any atom is 0.176 e. The van der Waals surface area contributed by atoms with Gasteiger partial charge in [-0.2, -0.15) is 0 Å². The van der Waals surface area contributed by atoms with E-state index in [0.29, 0.717) is 13.1 Å². The Hall–Kier alpha value is -1.68. The zero-order chi connectivity index (χ0) is 17.4. The average molecular weight is 345 g/mol. The van der Waals surface area contributed by atoms with Gasteiger partial charge in [0.1, 0.15) is 0 Å². The van der Waals surface area contributed by atoms with E-state index in [2.05, 4.69) is 30.1 Å². The third kappa shape index (κ3) is 4.91. The second kappa shape index (κ2) is 9.58. The highest BCUT2D eigenvalue weighted by Gasteiger charge is 2.20. The molecule has 1 unspecified atom stereocenters. The molecule has 24 heavy (non-hydrogen) atoms. The summed E-state index contributed by atoms with van der Waals surface area (Å²) in [6, 6.07) is 17.5. The number of nitrogens with one attached hydrogen (secondary N) is 1. The van der Waals surface area contributed by atoms with E-state index in [4.69, 9.17) is 11.6 Å². The third-order valence-electron chi connectivity index (χ3n) is 4.24. The van der Waals surface area contributed by atoms with Gasteiger partial charge in [0, 0.05) is 23.2 Å². The molecule has 0 fully saturated rings. The van der Waals surface area contributed by atoms with Crippen molar-refractivity contribution in [1.29, 1.82) is 0 Å². The molecule has 0 aliphatic rings. The lowest BCUT2D eigenvalue weighted by atomic mass is 10.0. The number of carbonyl (C=O) groups is 1. The first-order valence-corrected chi connectivity index (χ1v) is 8.82. The van der Waals surface area contributed by atoms with E-state index in [9.17, 15) is 4.79 Å². The largest absolute Gasteiger partial charge is 0.308 e. The van der Waals surface area contributed by atoms with Crippen LogP contribution in [0.3, 0.4) is 0 Å². The van der Waals surface area contributed by atoms with E-state index >= 15 is 0 Å². The summed E-state index contributed by atoms with van der Waals surface area (Å²) in [6.45, 7) is 7.16. The summed E-state index contributed by atoms with van der Waals surface area (Å²) in [6.07, 6.45) is 0. The first-order valence-electron chi connectivity index (χ1n) is 8.44. The van der Waals surface area contributed by atoms with Gasteiger partial charge in [-0.25, -0.2) is 0 Å². The Morgan fingerprint density at radius 2 is 1.67 bits per heavy atom. The average Bonchev–Trinajstić information content (AvgIpc) is 2.62. The number of ketones is 1. The Balaban J connectivity index is 2.04.